The molecule has 0 radical (unpaired) electrons. The first-order valence-corrected chi connectivity index (χ1v) is 5.37. The summed E-state index contributed by atoms with van der Waals surface area (Å²) in [6.07, 6.45) is 8.60. The van der Waals surface area contributed by atoms with Crippen LogP contribution in [-0.4, -0.2) is 13.1 Å². The first-order chi connectivity index (χ1) is 7.81. The van der Waals surface area contributed by atoms with Gasteiger partial charge in [0.2, 0.25) is 0 Å². The molecule has 0 bridgehead atoms. The second-order valence-corrected chi connectivity index (χ2v) is 3.71. The van der Waals surface area contributed by atoms with Gasteiger partial charge in [-0.2, -0.15) is 0 Å². The summed E-state index contributed by atoms with van der Waals surface area (Å²) in [5, 5.41) is 0. The fourth-order valence-corrected chi connectivity index (χ4v) is 1.77. The molecule has 0 spiro atoms. The Balaban J connectivity index is 2.32. The summed E-state index contributed by atoms with van der Waals surface area (Å²) in [6.45, 7) is 0. The summed E-state index contributed by atoms with van der Waals surface area (Å²) < 4.78 is 4.70. The molecular weight excluding hydrogens is 200 g/mol. The average Bonchev–Trinajstić information content (AvgIpc) is 2.39. The van der Waals surface area contributed by atoms with E-state index < -0.39 is 0 Å². The van der Waals surface area contributed by atoms with Gasteiger partial charge in [0.1, 0.15) is 0 Å². The van der Waals surface area contributed by atoms with Gasteiger partial charge in [-0.3, -0.25) is 0 Å². The highest BCUT2D eigenvalue weighted by Gasteiger charge is 2.07. The molecule has 1 aromatic rings. The zero-order valence-electron chi connectivity index (χ0n) is 9.27. The van der Waals surface area contributed by atoms with E-state index in [1.54, 1.807) is 6.07 Å². The Hall–Kier alpha value is -1.83. The fourth-order valence-electron chi connectivity index (χ4n) is 1.77. The van der Waals surface area contributed by atoms with Gasteiger partial charge in [0.15, 0.2) is 0 Å². The molecule has 0 N–H and O–H groups in total. The van der Waals surface area contributed by atoms with Crippen LogP contribution in [0.4, 0.5) is 0 Å². The summed E-state index contributed by atoms with van der Waals surface area (Å²) in [5.41, 5.74) is 2.84. The quantitative estimate of drug-likeness (QED) is 0.706. The van der Waals surface area contributed by atoms with Crippen LogP contribution in [0.25, 0.3) is 5.57 Å². The van der Waals surface area contributed by atoms with Crippen molar-refractivity contribution in [2.75, 3.05) is 7.11 Å². The van der Waals surface area contributed by atoms with E-state index >= 15 is 0 Å². The van der Waals surface area contributed by atoms with Gasteiger partial charge in [0.25, 0.3) is 0 Å². The lowest BCUT2D eigenvalue weighted by Crippen LogP contribution is -2.01. The molecule has 2 rings (SSSR count). The molecule has 0 atom stereocenters. The predicted octanol–water partition coefficient (Wildman–Crippen LogP) is 3.21. The molecule has 0 heterocycles. The number of esters is 1. The minimum atomic E-state index is -0.290. The summed E-state index contributed by atoms with van der Waals surface area (Å²) >= 11 is 0. The number of benzene rings is 1. The van der Waals surface area contributed by atoms with Gasteiger partial charge >= 0.3 is 5.97 Å². The highest BCUT2D eigenvalue weighted by Crippen LogP contribution is 2.22. The number of ether oxygens (including phenoxy) is 1. The van der Waals surface area contributed by atoms with Crippen LogP contribution < -0.4 is 0 Å². The Morgan fingerprint density at radius 2 is 2.19 bits per heavy atom. The van der Waals surface area contributed by atoms with Crippen LogP contribution in [0.1, 0.15) is 28.8 Å². The Kier molecular flexibility index (Phi) is 3.20. The lowest BCUT2D eigenvalue weighted by molar-refractivity contribution is 0.0600. The van der Waals surface area contributed by atoms with Crippen molar-refractivity contribution in [1.82, 2.24) is 0 Å². The molecule has 0 aliphatic heterocycles. The number of hydrogen-bond acceptors (Lipinski definition) is 2. The molecule has 1 aliphatic rings. The first kappa shape index (κ1) is 10.7. The lowest BCUT2D eigenvalue weighted by Gasteiger charge is -2.08. The van der Waals surface area contributed by atoms with Crippen LogP contribution in [0.15, 0.2) is 42.5 Å². The maximum absolute atomic E-state index is 11.4. The number of allylic oxidation sites excluding steroid dienone is 4. The normalized spacial score (nSPS) is 14.4. The van der Waals surface area contributed by atoms with E-state index in [4.69, 9.17) is 4.74 Å². The summed E-state index contributed by atoms with van der Waals surface area (Å²) in [5.74, 6) is -0.290. The molecule has 16 heavy (non-hydrogen) atoms. The first-order valence-electron chi connectivity index (χ1n) is 5.37. The van der Waals surface area contributed by atoms with Gasteiger partial charge < -0.3 is 4.74 Å². The molecule has 0 fully saturated rings. The molecule has 2 heteroatoms. The maximum atomic E-state index is 11.4. The van der Waals surface area contributed by atoms with E-state index in [9.17, 15) is 4.79 Å². The summed E-state index contributed by atoms with van der Waals surface area (Å²) in [7, 11) is 1.40. The zero-order valence-corrected chi connectivity index (χ0v) is 9.27. The van der Waals surface area contributed by atoms with Gasteiger partial charge in [0, 0.05) is 0 Å². The zero-order chi connectivity index (χ0) is 11.4. The molecule has 0 unspecified atom stereocenters. The third-order valence-corrected chi connectivity index (χ3v) is 2.61. The molecule has 2 nitrogen and oxygen atoms in total. The topological polar surface area (TPSA) is 26.3 Å². The SMILES string of the molecule is COC(=O)c1cccc(C2=CCCC=C2)c1. The van der Waals surface area contributed by atoms with Crippen molar-refractivity contribution in [3.8, 4) is 0 Å². The highest BCUT2D eigenvalue weighted by molar-refractivity contribution is 5.91. The third-order valence-electron chi connectivity index (χ3n) is 2.61. The van der Waals surface area contributed by atoms with Gasteiger partial charge in [0.05, 0.1) is 12.7 Å². The fraction of sp³-hybridized carbons (Fsp3) is 0.214. The Morgan fingerprint density at radius 3 is 2.88 bits per heavy atom. The van der Waals surface area contributed by atoms with Gasteiger partial charge in [-0.15, -0.1) is 0 Å². The molecule has 1 aromatic carbocycles. The number of methoxy groups -OCH3 is 1. The standard InChI is InChI=1S/C14H14O2/c1-16-14(15)13-9-5-8-12(10-13)11-6-3-2-4-7-11/h3,5-10H,2,4H2,1H3. The largest absolute Gasteiger partial charge is 0.465 e. The van der Waals surface area contributed by atoms with Gasteiger partial charge in [-0.25, -0.2) is 4.79 Å². The van der Waals surface area contributed by atoms with E-state index in [0.717, 1.165) is 18.4 Å². The van der Waals surface area contributed by atoms with Crippen molar-refractivity contribution >= 4 is 11.5 Å². The van der Waals surface area contributed by atoms with E-state index in [1.165, 1.54) is 12.7 Å². The van der Waals surface area contributed by atoms with E-state index in [2.05, 4.69) is 18.2 Å². The van der Waals surface area contributed by atoms with Crippen LogP contribution in [0.2, 0.25) is 0 Å². The van der Waals surface area contributed by atoms with Crippen molar-refractivity contribution < 1.29 is 9.53 Å². The van der Waals surface area contributed by atoms with E-state index in [0.29, 0.717) is 5.56 Å². The van der Waals surface area contributed by atoms with Crippen LogP contribution in [0.3, 0.4) is 0 Å². The molecule has 0 saturated heterocycles. The van der Waals surface area contributed by atoms with Crippen molar-refractivity contribution in [3.05, 3.63) is 53.6 Å². The van der Waals surface area contributed by atoms with Crippen molar-refractivity contribution in [2.45, 2.75) is 12.8 Å². The average molecular weight is 214 g/mol. The van der Waals surface area contributed by atoms with Crippen LogP contribution in [0.5, 0.6) is 0 Å². The number of carbonyl (C=O) groups excluding carboxylic acids is 1. The molecular formula is C14H14O2. The molecule has 0 saturated carbocycles. The van der Waals surface area contributed by atoms with Crippen molar-refractivity contribution in [3.63, 3.8) is 0 Å². The monoisotopic (exact) mass is 214 g/mol. The molecule has 0 amide bonds. The minimum Gasteiger partial charge on any atom is -0.465 e. The Morgan fingerprint density at radius 1 is 1.31 bits per heavy atom. The van der Waals surface area contributed by atoms with Crippen LogP contribution >= 0.6 is 0 Å². The second kappa shape index (κ2) is 4.79. The van der Waals surface area contributed by atoms with Crippen molar-refractivity contribution in [2.24, 2.45) is 0 Å². The van der Waals surface area contributed by atoms with Crippen LogP contribution in [-0.2, 0) is 4.74 Å². The van der Waals surface area contributed by atoms with E-state index in [1.807, 2.05) is 18.2 Å². The summed E-state index contributed by atoms with van der Waals surface area (Å²) in [4.78, 5) is 11.4. The van der Waals surface area contributed by atoms with E-state index in [-0.39, 0.29) is 5.97 Å². The Bertz CT molecular complexity index is 456. The predicted molar refractivity (Wildman–Crippen MR) is 64.1 cm³/mol. The second-order valence-electron chi connectivity index (χ2n) is 3.71. The Labute approximate surface area is 95.2 Å². The van der Waals surface area contributed by atoms with Crippen molar-refractivity contribution in [1.29, 1.82) is 0 Å². The molecule has 82 valence electrons. The molecule has 1 aliphatic carbocycles. The number of carbonyl (C=O) groups is 1. The minimum absolute atomic E-state index is 0.290. The highest BCUT2D eigenvalue weighted by atomic mass is 16.5. The molecule has 0 aromatic heterocycles. The van der Waals surface area contributed by atoms with Gasteiger partial charge in [-0.1, -0.05) is 30.4 Å². The lowest BCUT2D eigenvalue weighted by atomic mass is 9.98. The van der Waals surface area contributed by atoms with Gasteiger partial charge in [-0.05, 0) is 36.1 Å². The number of rotatable bonds is 2. The smallest absolute Gasteiger partial charge is 0.337 e. The number of hydrogen-bond donors (Lipinski definition) is 0. The van der Waals surface area contributed by atoms with Crippen LogP contribution in [0, 0.1) is 0 Å². The summed E-state index contributed by atoms with van der Waals surface area (Å²) in [6, 6.07) is 7.52. The maximum Gasteiger partial charge on any atom is 0.337 e. The third kappa shape index (κ3) is 2.22.